The molecule has 3 nitrogen and oxygen atoms in total. The molecule has 1 aliphatic heterocycles. The van der Waals surface area contributed by atoms with E-state index in [2.05, 4.69) is 5.32 Å². The molecule has 1 aliphatic rings. The van der Waals surface area contributed by atoms with Gasteiger partial charge in [-0.1, -0.05) is 0 Å². The summed E-state index contributed by atoms with van der Waals surface area (Å²) in [5.41, 5.74) is 0. The van der Waals surface area contributed by atoms with Crippen LogP contribution in [0.3, 0.4) is 0 Å². The van der Waals surface area contributed by atoms with Crippen LogP contribution < -0.4 is 5.32 Å². The van der Waals surface area contributed by atoms with Crippen molar-refractivity contribution in [1.29, 1.82) is 0 Å². The normalized spacial score (nSPS) is 30.4. The highest BCUT2D eigenvalue weighted by Crippen LogP contribution is 1.93. The lowest BCUT2D eigenvalue weighted by molar-refractivity contribution is -0.117. The highest BCUT2D eigenvalue weighted by Gasteiger charge is 2.20. The maximum atomic E-state index is 10.3. The molecule has 40 valence electrons. The lowest BCUT2D eigenvalue weighted by Crippen LogP contribution is -2.14. The third kappa shape index (κ3) is 1.07. The van der Waals surface area contributed by atoms with Crippen molar-refractivity contribution in [2.45, 2.75) is 0 Å². The van der Waals surface area contributed by atoms with Crippen molar-refractivity contribution in [3.8, 4) is 0 Å². The SMILES string of the molecule is O=C1C[S+]([O-])CN1. The topological polar surface area (TPSA) is 52.2 Å². The predicted octanol–water partition coefficient (Wildman–Crippen LogP) is -1.18. The van der Waals surface area contributed by atoms with Gasteiger partial charge in [-0.25, -0.2) is 0 Å². The summed E-state index contributed by atoms with van der Waals surface area (Å²) in [4.78, 5) is 10.1. The average molecular weight is 119 g/mol. The molecule has 1 fully saturated rings. The molecule has 4 heteroatoms. The largest absolute Gasteiger partial charge is 0.615 e. The van der Waals surface area contributed by atoms with Gasteiger partial charge in [0.1, 0.15) is 0 Å². The van der Waals surface area contributed by atoms with Gasteiger partial charge < -0.3 is 9.87 Å². The Morgan fingerprint density at radius 2 is 2.57 bits per heavy atom. The molecule has 0 spiro atoms. The zero-order valence-electron chi connectivity index (χ0n) is 3.64. The first-order valence-electron chi connectivity index (χ1n) is 1.91. The quantitative estimate of drug-likeness (QED) is 0.408. The Morgan fingerprint density at radius 3 is 2.71 bits per heavy atom. The third-order valence-corrected chi connectivity index (χ3v) is 1.77. The molecule has 0 aliphatic carbocycles. The summed E-state index contributed by atoms with van der Waals surface area (Å²) in [7, 11) is 0. The van der Waals surface area contributed by atoms with E-state index in [0.29, 0.717) is 5.88 Å². The molecule has 1 saturated heterocycles. The molecule has 0 aromatic heterocycles. The fraction of sp³-hybridized carbons (Fsp3) is 0.667. The van der Waals surface area contributed by atoms with E-state index < -0.39 is 11.2 Å². The monoisotopic (exact) mass is 119 g/mol. The van der Waals surface area contributed by atoms with Gasteiger partial charge in [0, 0.05) is 0 Å². The van der Waals surface area contributed by atoms with Crippen molar-refractivity contribution in [3.63, 3.8) is 0 Å². The van der Waals surface area contributed by atoms with E-state index in [-0.39, 0.29) is 11.7 Å². The molecule has 0 bridgehead atoms. The van der Waals surface area contributed by atoms with Gasteiger partial charge in [0.15, 0.2) is 11.6 Å². The van der Waals surface area contributed by atoms with Crippen molar-refractivity contribution in [3.05, 3.63) is 0 Å². The van der Waals surface area contributed by atoms with Gasteiger partial charge in [-0.2, -0.15) is 0 Å². The molecule has 1 N–H and O–H groups in total. The van der Waals surface area contributed by atoms with E-state index in [1.54, 1.807) is 0 Å². The molecule has 7 heavy (non-hydrogen) atoms. The Kier molecular flexibility index (Phi) is 1.21. The predicted molar refractivity (Wildman–Crippen MR) is 26.0 cm³/mol. The Morgan fingerprint density at radius 1 is 1.86 bits per heavy atom. The average Bonchev–Trinajstić information content (AvgIpc) is 1.87. The number of hydrogen-bond acceptors (Lipinski definition) is 2. The van der Waals surface area contributed by atoms with Crippen molar-refractivity contribution in [1.82, 2.24) is 5.32 Å². The van der Waals surface area contributed by atoms with E-state index in [1.165, 1.54) is 0 Å². The first-order valence-corrected chi connectivity index (χ1v) is 3.39. The fourth-order valence-electron chi connectivity index (χ4n) is 0.409. The zero-order chi connectivity index (χ0) is 5.28. The molecule has 0 aromatic rings. The Bertz CT molecular complexity index is 94.9. The summed E-state index contributed by atoms with van der Waals surface area (Å²) in [6.45, 7) is 0. The van der Waals surface area contributed by atoms with Crippen molar-refractivity contribution in [2.24, 2.45) is 0 Å². The highest BCUT2D eigenvalue weighted by atomic mass is 32.2. The summed E-state index contributed by atoms with van der Waals surface area (Å²) < 4.78 is 10.3. The molecule has 0 radical (unpaired) electrons. The van der Waals surface area contributed by atoms with Gasteiger partial charge in [0.2, 0.25) is 0 Å². The maximum Gasteiger partial charge on any atom is 0.273 e. The zero-order valence-corrected chi connectivity index (χ0v) is 4.46. The Labute approximate surface area is 44.3 Å². The second-order valence-electron chi connectivity index (χ2n) is 1.33. The van der Waals surface area contributed by atoms with Crippen LogP contribution in [-0.4, -0.2) is 22.1 Å². The van der Waals surface area contributed by atoms with Gasteiger partial charge in [-0.3, -0.25) is 4.79 Å². The molecule has 1 heterocycles. The third-order valence-electron chi connectivity index (χ3n) is 0.722. The number of nitrogens with one attached hydrogen (secondary N) is 1. The van der Waals surface area contributed by atoms with E-state index in [9.17, 15) is 9.35 Å². The van der Waals surface area contributed by atoms with Crippen LogP contribution in [0.15, 0.2) is 0 Å². The Hall–Kier alpha value is -0.220. The summed E-state index contributed by atoms with van der Waals surface area (Å²) in [6, 6.07) is 0. The number of amides is 1. The molecule has 1 amide bonds. The Balaban J connectivity index is 2.40. The lowest BCUT2D eigenvalue weighted by Gasteiger charge is -1.93. The van der Waals surface area contributed by atoms with Gasteiger partial charge in [0.25, 0.3) is 5.91 Å². The van der Waals surface area contributed by atoms with E-state index in [0.717, 1.165) is 0 Å². The molecular formula is C3H5NO2S. The van der Waals surface area contributed by atoms with Crippen LogP contribution in [0, 0.1) is 0 Å². The van der Waals surface area contributed by atoms with Crippen LogP contribution >= 0.6 is 0 Å². The molecule has 1 atom stereocenters. The second kappa shape index (κ2) is 1.71. The van der Waals surface area contributed by atoms with Crippen LogP contribution in [0.5, 0.6) is 0 Å². The summed E-state index contributed by atoms with van der Waals surface area (Å²) >= 11 is -0.914. The van der Waals surface area contributed by atoms with Crippen molar-refractivity contribution >= 4 is 17.1 Å². The van der Waals surface area contributed by atoms with Crippen LogP contribution in [0.25, 0.3) is 0 Å². The molecule has 0 saturated carbocycles. The van der Waals surface area contributed by atoms with Gasteiger partial charge in [0.05, 0.1) is 0 Å². The van der Waals surface area contributed by atoms with Crippen molar-refractivity contribution < 1.29 is 9.35 Å². The smallest absolute Gasteiger partial charge is 0.273 e. The van der Waals surface area contributed by atoms with E-state index in [4.69, 9.17) is 0 Å². The first kappa shape index (κ1) is 4.93. The van der Waals surface area contributed by atoms with E-state index in [1.807, 2.05) is 0 Å². The first-order chi connectivity index (χ1) is 3.29. The van der Waals surface area contributed by atoms with Crippen LogP contribution in [-0.2, 0) is 16.0 Å². The van der Waals surface area contributed by atoms with Gasteiger partial charge in [-0.05, 0) is 11.2 Å². The molecule has 1 rings (SSSR count). The highest BCUT2D eigenvalue weighted by molar-refractivity contribution is 7.92. The standard InChI is InChI=1S/C3H5NO2S/c5-3-1-7(6)2-4-3/h1-2H2,(H,4,5). The number of hydrogen-bond donors (Lipinski definition) is 1. The minimum absolute atomic E-state index is 0.0988. The summed E-state index contributed by atoms with van der Waals surface area (Å²) in [5.74, 6) is 0.442. The fourth-order valence-corrected chi connectivity index (χ4v) is 1.23. The minimum atomic E-state index is -0.914. The maximum absolute atomic E-state index is 10.3. The summed E-state index contributed by atoms with van der Waals surface area (Å²) in [6.07, 6.45) is 0. The summed E-state index contributed by atoms with van der Waals surface area (Å²) in [5, 5.41) is 2.43. The molecule has 1 unspecified atom stereocenters. The van der Waals surface area contributed by atoms with Gasteiger partial charge >= 0.3 is 0 Å². The van der Waals surface area contributed by atoms with Crippen molar-refractivity contribution in [2.75, 3.05) is 11.6 Å². The van der Waals surface area contributed by atoms with Crippen LogP contribution in [0.1, 0.15) is 0 Å². The number of rotatable bonds is 0. The van der Waals surface area contributed by atoms with Crippen LogP contribution in [0.4, 0.5) is 0 Å². The van der Waals surface area contributed by atoms with Crippen LogP contribution in [0.2, 0.25) is 0 Å². The number of carbonyl (C=O) groups is 1. The lowest BCUT2D eigenvalue weighted by atomic mass is 10.7. The number of carbonyl (C=O) groups excluding carboxylic acids is 1. The van der Waals surface area contributed by atoms with Gasteiger partial charge in [-0.15, -0.1) is 0 Å². The molecular weight excluding hydrogens is 114 g/mol. The van der Waals surface area contributed by atoms with E-state index >= 15 is 0 Å². The molecule has 0 aromatic carbocycles. The second-order valence-corrected chi connectivity index (χ2v) is 2.79. The minimum Gasteiger partial charge on any atom is -0.615 e.